The third-order valence-electron chi connectivity index (χ3n) is 6.44. The highest BCUT2D eigenvalue weighted by atomic mass is 79.9. The van der Waals surface area contributed by atoms with Crippen LogP contribution in [0.3, 0.4) is 0 Å². The Morgan fingerprint density at radius 3 is 2.55 bits per heavy atom. The molecule has 7 nitrogen and oxygen atoms in total. The number of hydrogen-bond donors (Lipinski definition) is 0. The van der Waals surface area contributed by atoms with Crippen molar-refractivity contribution in [2.45, 2.75) is 26.5 Å². The first kappa shape index (κ1) is 27.6. The van der Waals surface area contributed by atoms with Gasteiger partial charge in [-0.25, -0.2) is 9.79 Å². The molecule has 0 saturated carbocycles. The van der Waals surface area contributed by atoms with Crippen LogP contribution in [0.4, 0.5) is 0 Å². The van der Waals surface area contributed by atoms with E-state index in [-0.39, 0.29) is 12.2 Å². The second kappa shape index (κ2) is 12.1. The van der Waals surface area contributed by atoms with E-state index >= 15 is 0 Å². The van der Waals surface area contributed by atoms with E-state index in [9.17, 15) is 9.59 Å². The Hall–Kier alpha value is -3.95. The van der Waals surface area contributed by atoms with Crippen LogP contribution in [0.15, 0.2) is 98.3 Å². The summed E-state index contributed by atoms with van der Waals surface area (Å²) in [6.07, 6.45) is 1.81. The normalized spacial score (nSPS) is 14.9. The predicted molar refractivity (Wildman–Crippen MR) is 158 cm³/mol. The molecule has 0 saturated heterocycles. The summed E-state index contributed by atoms with van der Waals surface area (Å²) in [5.41, 5.74) is 3.13. The lowest BCUT2D eigenvalue weighted by molar-refractivity contribution is -0.139. The molecule has 9 heteroatoms. The molecular formula is C31H27BrN2O5S. The third kappa shape index (κ3) is 5.66. The highest BCUT2D eigenvalue weighted by Gasteiger charge is 2.33. The first-order chi connectivity index (χ1) is 19.4. The zero-order chi connectivity index (χ0) is 28.2. The molecule has 0 spiro atoms. The Balaban J connectivity index is 1.63. The van der Waals surface area contributed by atoms with Crippen LogP contribution in [0.1, 0.15) is 36.6 Å². The summed E-state index contributed by atoms with van der Waals surface area (Å²) >= 11 is 4.81. The van der Waals surface area contributed by atoms with Gasteiger partial charge in [-0.1, -0.05) is 69.7 Å². The van der Waals surface area contributed by atoms with E-state index in [0.717, 1.165) is 21.2 Å². The number of methoxy groups -OCH3 is 1. The van der Waals surface area contributed by atoms with Gasteiger partial charge in [0.05, 0.1) is 35.6 Å². The van der Waals surface area contributed by atoms with E-state index in [4.69, 9.17) is 14.2 Å². The zero-order valence-corrected chi connectivity index (χ0v) is 24.6. The number of esters is 1. The highest BCUT2D eigenvalue weighted by molar-refractivity contribution is 9.10. The fraction of sp³-hybridized carbons (Fsp3) is 0.194. The first-order valence-electron chi connectivity index (χ1n) is 12.7. The minimum absolute atomic E-state index is 0.212. The van der Waals surface area contributed by atoms with Crippen LogP contribution in [0, 0.1) is 0 Å². The summed E-state index contributed by atoms with van der Waals surface area (Å²) in [7, 11) is 1.59. The molecule has 0 aliphatic carbocycles. The van der Waals surface area contributed by atoms with Crippen LogP contribution < -0.4 is 24.4 Å². The van der Waals surface area contributed by atoms with Gasteiger partial charge >= 0.3 is 5.97 Å². The molecule has 1 aromatic heterocycles. The van der Waals surface area contributed by atoms with Gasteiger partial charge in [0.15, 0.2) is 4.80 Å². The lowest BCUT2D eigenvalue weighted by Gasteiger charge is -2.24. The first-order valence-corrected chi connectivity index (χ1v) is 14.3. The van der Waals surface area contributed by atoms with Gasteiger partial charge in [-0.15, -0.1) is 0 Å². The highest BCUT2D eigenvalue weighted by Crippen LogP contribution is 2.32. The number of thiazole rings is 1. The van der Waals surface area contributed by atoms with Crippen molar-refractivity contribution in [3.05, 3.63) is 125 Å². The maximum Gasteiger partial charge on any atom is 0.338 e. The van der Waals surface area contributed by atoms with Crippen LogP contribution in [0.2, 0.25) is 0 Å². The quantitative estimate of drug-likeness (QED) is 0.255. The maximum absolute atomic E-state index is 14.0. The minimum atomic E-state index is -0.695. The van der Waals surface area contributed by atoms with Gasteiger partial charge in [-0.2, -0.15) is 0 Å². The van der Waals surface area contributed by atoms with E-state index < -0.39 is 12.0 Å². The third-order valence-corrected chi connectivity index (χ3v) is 7.92. The average molecular weight is 620 g/mol. The van der Waals surface area contributed by atoms with E-state index in [1.165, 1.54) is 11.3 Å². The van der Waals surface area contributed by atoms with E-state index in [1.54, 1.807) is 37.7 Å². The van der Waals surface area contributed by atoms with Gasteiger partial charge in [0.2, 0.25) is 0 Å². The van der Waals surface area contributed by atoms with E-state index in [0.29, 0.717) is 38.7 Å². The van der Waals surface area contributed by atoms with Crippen molar-refractivity contribution in [2.75, 3.05) is 13.7 Å². The second-order valence-corrected chi connectivity index (χ2v) is 11.0. The molecule has 0 amide bonds. The van der Waals surface area contributed by atoms with Crippen molar-refractivity contribution in [3.8, 4) is 11.5 Å². The number of carbonyl (C=O) groups excluding carboxylic acids is 1. The fourth-order valence-electron chi connectivity index (χ4n) is 4.53. The number of halogens is 1. The Labute approximate surface area is 243 Å². The summed E-state index contributed by atoms with van der Waals surface area (Å²) in [6.45, 7) is 4.12. The molecule has 40 heavy (non-hydrogen) atoms. The van der Waals surface area contributed by atoms with Crippen molar-refractivity contribution in [1.82, 2.24) is 4.57 Å². The zero-order valence-electron chi connectivity index (χ0n) is 22.2. The van der Waals surface area contributed by atoms with Gasteiger partial charge in [0.25, 0.3) is 5.56 Å². The van der Waals surface area contributed by atoms with Crippen LogP contribution in [0.25, 0.3) is 6.08 Å². The molecule has 0 fully saturated rings. The molecule has 1 aliphatic heterocycles. The van der Waals surface area contributed by atoms with Gasteiger partial charge < -0.3 is 14.2 Å². The minimum Gasteiger partial charge on any atom is -0.497 e. The fourth-order valence-corrected chi connectivity index (χ4v) is 5.95. The monoisotopic (exact) mass is 618 g/mol. The summed E-state index contributed by atoms with van der Waals surface area (Å²) in [5, 5.41) is 0. The SMILES string of the molecule is CCOC(=O)C1=C(C)N=c2s/c(=C\c3cc(Br)ccc3OCc3ccccc3)c(=O)n2[C@H]1c1ccc(OC)cc1. The number of fused-ring (bicyclic) bond motifs is 1. The van der Waals surface area contributed by atoms with Gasteiger partial charge in [-0.05, 0) is 61.4 Å². The molecule has 2 heterocycles. The standard InChI is InChI=1S/C31H27BrN2O5S/c1-4-38-30(36)27-19(2)33-31-34(28(27)21-10-13-24(37-3)14-11-21)29(35)26(40-31)17-22-16-23(32)12-15-25(22)39-18-20-8-6-5-7-9-20/h5-17,28H,4,18H2,1-3H3/b26-17-/t28-/m0/s1. The van der Waals surface area contributed by atoms with E-state index in [1.807, 2.05) is 66.7 Å². The number of allylic oxidation sites excluding steroid dienone is 1. The van der Waals surface area contributed by atoms with E-state index in [2.05, 4.69) is 20.9 Å². The number of aromatic nitrogens is 1. The Morgan fingerprint density at radius 2 is 1.85 bits per heavy atom. The topological polar surface area (TPSA) is 79.1 Å². The lowest BCUT2D eigenvalue weighted by atomic mass is 9.96. The molecule has 0 N–H and O–H groups in total. The molecule has 3 aromatic carbocycles. The van der Waals surface area contributed by atoms with Crippen molar-refractivity contribution < 1.29 is 19.0 Å². The largest absolute Gasteiger partial charge is 0.497 e. The molecule has 1 aliphatic rings. The molecule has 1 atom stereocenters. The Kier molecular flexibility index (Phi) is 8.32. The maximum atomic E-state index is 14.0. The van der Waals surface area contributed by atoms with Crippen LogP contribution in [0.5, 0.6) is 11.5 Å². The lowest BCUT2D eigenvalue weighted by Crippen LogP contribution is -2.39. The second-order valence-electron chi connectivity index (χ2n) is 9.03. The Morgan fingerprint density at radius 1 is 1.10 bits per heavy atom. The van der Waals surface area contributed by atoms with Crippen LogP contribution in [-0.2, 0) is 16.1 Å². The number of benzene rings is 3. The Bertz CT molecular complexity index is 1760. The van der Waals surface area contributed by atoms with Crippen molar-refractivity contribution in [1.29, 1.82) is 0 Å². The van der Waals surface area contributed by atoms with Gasteiger partial charge in [-0.3, -0.25) is 9.36 Å². The summed E-state index contributed by atoms with van der Waals surface area (Å²) in [6, 6.07) is 22.2. The van der Waals surface area contributed by atoms with Crippen LogP contribution >= 0.6 is 27.3 Å². The van der Waals surface area contributed by atoms with Crippen molar-refractivity contribution in [2.24, 2.45) is 4.99 Å². The number of hydrogen-bond acceptors (Lipinski definition) is 7. The molecule has 0 radical (unpaired) electrons. The predicted octanol–water partition coefficient (Wildman–Crippen LogP) is 5.15. The van der Waals surface area contributed by atoms with Crippen LogP contribution in [-0.4, -0.2) is 24.3 Å². The number of ether oxygens (including phenoxy) is 3. The van der Waals surface area contributed by atoms with Gasteiger partial charge in [0, 0.05) is 10.0 Å². The van der Waals surface area contributed by atoms with Crippen molar-refractivity contribution in [3.63, 3.8) is 0 Å². The number of rotatable bonds is 8. The van der Waals surface area contributed by atoms with Crippen molar-refractivity contribution >= 4 is 39.3 Å². The molecule has 4 aromatic rings. The van der Waals surface area contributed by atoms with Gasteiger partial charge in [0.1, 0.15) is 18.1 Å². The average Bonchev–Trinajstić information content (AvgIpc) is 3.26. The molecule has 5 rings (SSSR count). The molecule has 0 unspecified atom stereocenters. The molecule has 204 valence electrons. The molecule has 0 bridgehead atoms. The number of carbonyl (C=O) groups is 1. The molecular weight excluding hydrogens is 592 g/mol. The smallest absolute Gasteiger partial charge is 0.338 e. The summed E-state index contributed by atoms with van der Waals surface area (Å²) in [5.74, 6) is 0.822. The summed E-state index contributed by atoms with van der Waals surface area (Å²) in [4.78, 5) is 32.2. The number of nitrogens with zero attached hydrogens (tertiary/aromatic N) is 2. The summed E-state index contributed by atoms with van der Waals surface area (Å²) < 4.78 is 19.7.